The maximum absolute atomic E-state index is 5.78. The average molecular weight is 197 g/mol. The quantitative estimate of drug-likeness (QED) is 0.779. The minimum Gasteiger partial charge on any atom is -0.339 e. The lowest BCUT2D eigenvalue weighted by Gasteiger charge is -2.24. The maximum atomic E-state index is 5.78. The van der Waals surface area contributed by atoms with Crippen molar-refractivity contribution >= 4 is 0 Å². The Hall–Kier alpha value is -0.900. The third kappa shape index (κ3) is 1.80. The smallest absolute Gasteiger partial charge is 0.234 e. The van der Waals surface area contributed by atoms with Gasteiger partial charge in [-0.3, -0.25) is 0 Å². The highest BCUT2D eigenvalue weighted by Gasteiger charge is 2.32. The van der Waals surface area contributed by atoms with Crippen LogP contribution in [-0.2, 0) is 11.8 Å². The highest BCUT2D eigenvalue weighted by atomic mass is 16.5. The Bertz CT molecular complexity index is 270. The second-order valence-corrected chi connectivity index (χ2v) is 3.56. The molecule has 0 saturated heterocycles. The number of aromatic nitrogens is 2. The fraction of sp³-hybridized carbons (Fsp3) is 0.800. The molecule has 0 spiro atoms. The Balaban J connectivity index is 2.98. The van der Waals surface area contributed by atoms with Crippen molar-refractivity contribution in [2.75, 3.05) is 6.54 Å². The van der Waals surface area contributed by atoms with Crippen LogP contribution < -0.4 is 5.73 Å². The molecule has 0 aliphatic heterocycles. The summed E-state index contributed by atoms with van der Waals surface area (Å²) < 4.78 is 5.25. The van der Waals surface area contributed by atoms with Gasteiger partial charge in [0.05, 0.1) is 5.41 Å². The average Bonchev–Trinajstić information content (AvgIpc) is 2.71. The second-order valence-electron chi connectivity index (χ2n) is 3.56. The fourth-order valence-corrected chi connectivity index (χ4v) is 1.54. The van der Waals surface area contributed by atoms with Gasteiger partial charge in [0, 0.05) is 13.0 Å². The van der Waals surface area contributed by atoms with Crippen molar-refractivity contribution in [3.05, 3.63) is 11.7 Å². The van der Waals surface area contributed by atoms with Crippen molar-refractivity contribution in [1.29, 1.82) is 0 Å². The molecule has 1 rings (SSSR count). The number of aryl methyl sites for hydroxylation is 1. The van der Waals surface area contributed by atoms with Crippen molar-refractivity contribution in [2.24, 2.45) is 5.73 Å². The molecule has 1 aromatic rings. The van der Waals surface area contributed by atoms with E-state index in [4.69, 9.17) is 10.3 Å². The summed E-state index contributed by atoms with van der Waals surface area (Å²) in [6, 6.07) is 0. The molecule has 2 N–H and O–H groups in total. The summed E-state index contributed by atoms with van der Waals surface area (Å²) in [6.07, 6.45) is 2.67. The largest absolute Gasteiger partial charge is 0.339 e. The van der Waals surface area contributed by atoms with Crippen LogP contribution in [0.1, 0.15) is 45.3 Å². The van der Waals surface area contributed by atoms with E-state index >= 15 is 0 Å². The summed E-state index contributed by atoms with van der Waals surface area (Å²) in [6.45, 7) is 6.78. The minimum absolute atomic E-state index is 0.125. The Labute approximate surface area is 84.9 Å². The molecule has 80 valence electrons. The summed E-state index contributed by atoms with van der Waals surface area (Å²) in [7, 11) is 0. The lowest BCUT2D eigenvalue weighted by molar-refractivity contribution is 0.266. The monoisotopic (exact) mass is 197 g/mol. The lowest BCUT2D eigenvalue weighted by atomic mass is 9.82. The summed E-state index contributed by atoms with van der Waals surface area (Å²) in [5, 5.41) is 3.90. The first-order valence-electron chi connectivity index (χ1n) is 5.25. The first-order chi connectivity index (χ1) is 6.72. The summed E-state index contributed by atoms with van der Waals surface area (Å²) in [5.74, 6) is 1.46. The van der Waals surface area contributed by atoms with E-state index in [9.17, 15) is 0 Å². The van der Waals surface area contributed by atoms with Gasteiger partial charge in [0.25, 0.3) is 0 Å². The summed E-state index contributed by atoms with van der Waals surface area (Å²) in [4.78, 5) is 4.36. The third-order valence-electron chi connectivity index (χ3n) is 2.98. The molecule has 0 aromatic carbocycles. The predicted molar refractivity (Wildman–Crippen MR) is 55.0 cm³/mol. The Morgan fingerprint density at radius 1 is 1.29 bits per heavy atom. The third-order valence-corrected chi connectivity index (χ3v) is 2.98. The van der Waals surface area contributed by atoms with Gasteiger partial charge in [-0.15, -0.1) is 0 Å². The topological polar surface area (TPSA) is 64.9 Å². The van der Waals surface area contributed by atoms with E-state index in [1.807, 2.05) is 6.92 Å². The summed E-state index contributed by atoms with van der Waals surface area (Å²) >= 11 is 0. The first kappa shape index (κ1) is 11.2. The van der Waals surface area contributed by atoms with Crippen LogP contribution in [0.25, 0.3) is 0 Å². The molecule has 0 saturated carbocycles. The van der Waals surface area contributed by atoms with Crippen molar-refractivity contribution < 1.29 is 4.52 Å². The number of hydrogen-bond acceptors (Lipinski definition) is 4. The van der Waals surface area contributed by atoms with Crippen LogP contribution in [-0.4, -0.2) is 16.7 Å². The van der Waals surface area contributed by atoms with E-state index in [-0.39, 0.29) is 5.41 Å². The molecule has 4 nitrogen and oxygen atoms in total. The van der Waals surface area contributed by atoms with Gasteiger partial charge >= 0.3 is 0 Å². The van der Waals surface area contributed by atoms with Crippen LogP contribution in [0.2, 0.25) is 0 Å². The molecular formula is C10H19N3O. The molecule has 0 fully saturated rings. The standard InChI is InChI=1S/C10H19N3O/c1-4-8-12-9(14-13-8)10(5-2,6-3)7-11/h4-7,11H2,1-3H3. The van der Waals surface area contributed by atoms with Crippen molar-refractivity contribution in [3.63, 3.8) is 0 Å². The molecule has 0 bridgehead atoms. The van der Waals surface area contributed by atoms with Gasteiger partial charge in [-0.25, -0.2) is 0 Å². The van der Waals surface area contributed by atoms with Gasteiger partial charge in [-0.05, 0) is 12.8 Å². The number of nitrogens with two attached hydrogens (primary N) is 1. The molecule has 1 heterocycles. The van der Waals surface area contributed by atoms with Crippen molar-refractivity contribution in [1.82, 2.24) is 10.1 Å². The molecule has 0 radical (unpaired) electrons. The van der Waals surface area contributed by atoms with E-state index in [1.54, 1.807) is 0 Å². The highest BCUT2D eigenvalue weighted by Crippen LogP contribution is 2.28. The highest BCUT2D eigenvalue weighted by molar-refractivity contribution is 5.05. The van der Waals surface area contributed by atoms with E-state index < -0.39 is 0 Å². The molecule has 14 heavy (non-hydrogen) atoms. The summed E-state index contributed by atoms with van der Waals surface area (Å²) in [5.41, 5.74) is 5.66. The molecular weight excluding hydrogens is 178 g/mol. The van der Waals surface area contributed by atoms with E-state index in [1.165, 1.54) is 0 Å². The lowest BCUT2D eigenvalue weighted by Crippen LogP contribution is -2.34. The number of nitrogens with zero attached hydrogens (tertiary/aromatic N) is 2. The van der Waals surface area contributed by atoms with E-state index in [2.05, 4.69) is 24.0 Å². The second kappa shape index (κ2) is 4.55. The van der Waals surface area contributed by atoms with Gasteiger partial charge in [0.15, 0.2) is 5.82 Å². The molecule has 0 unspecified atom stereocenters. The Morgan fingerprint density at radius 3 is 2.29 bits per heavy atom. The molecule has 1 aromatic heterocycles. The van der Waals surface area contributed by atoms with Crippen LogP contribution in [0.15, 0.2) is 4.52 Å². The Morgan fingerprint density at radius 2 is 1.93 bits per heavy atom. The van der Waals surface area contributed by atoms with Gasteiger partial charge in [0.2, 0.25) is 5.89 Å². The molecule has 0 aliphatic carbocycles. The van der Waals surface area contributed by atoms with E-state index in [0.717, 1.165) is 25.1 Å². The normalized spacial score (nSPS) is 12.0. The molecule has 0 amide bonds. The molecule has 4 heteroatoms. The zero-order valence-electron chi connectivity index (χ0n) is 9.21. The zero-order valence-corrected chi connectivity index (χ0v) is 9.21. The van der Waals surface area contributed by atoms with Crippen LogP contribution in [0.3, 0.4) is 0 Å². The number of hydrogen-bond donors (Lipinski definition) is 1. The van der Waals surface area contributed by atoms with Gasteiger partial charge in [0.1, 0.15) is 0 Å². The van der Waals surface area contributed by atoms with Gasteiger partial charge in [-0.1, -0.05) is 25.9 Å². The Kier molecular flexibility index (Phi) is 3.63. The van der Waals surface area contributed by atoms with Crippen LogP contribution >= 0.6 is 0 Å². The predicted octanol–water partition coefficient (Wildman–Crippen LogP) is 1.65. The van der Waals surface area contributed by atoms with Crippen LogP contribution in [0, 0.1) is 0 Å². The zero-order chi connectivity index (χ0) is 10.6. The van der Waals surface area contributed by atoms with Gasteiger partial charge in [-0.2, -0.15) is 4.98 Å². The molecule has 0 aliphatic rings. The van der Waals surface area contributed by atoms with Gasteiger partial charge < -0.3 is 10.3 Å². The fourth-order valence-electron chi connectivity index (χ4n) is 1.54. The van der Waals surface area contributed by atoms with E-state index in [0.29, 0.717) is 12.4 Å². The van der Waals surface area contributed by atoms with Crippen LogP contribution in [0.5, 0.6) is 0 Å². The maximum Gasteiger partial charge on any atom is 0.234 e. The first-order valence-corrected chi connectivity index (χ1v) is 5.25. The van der Waals surface area contributed by atoms with Crippen LogP contribution in [0.4, 0.5) is 0 Å². The number of rotatable bonds is 5. The van der Waals surface area contributed by atoms with Crippen molar-refractivity contribution in [3.8, 4) is 0 Å². The SMILES string of the molecule is CCc1noc(C(CC)(CC)CN)n1. The van der Waals surface area contributed by atoms with Crippen molar-refractivity contribution in [2.45, 2.75) is 45.4 Å². The molecule has 0 atom stereocenters. The minimum atomic E-state index is -0.125.